The van der Waals surface area contributed by atoms with Gasteiger partial charge in [0.2, 0.25) is 11.1 Å². The molecule has 0 saturated carbocycles. The Morgan fingerprint density at radius 3 is 2.55 bits per heavy atom. The first-order valence-electron chi connectivity index (χ1n) is 8.22. The Morgan fingerprint density at radius 1 is 1.24 bits per heavy atom. The largest absolute Gasteiger partial charge is 0.496 e. The summed E-state index contributed by atoms with van der Waals surface area (Å²) in [4.78, 5) is 16.3. The SMILES string of the molecule is COc1ccc(NC(=O)c2ccc(CSc3n[nH]c(N)n3)cc2)cc1C(F)(F)F. The molecule has 3 rings (SSSR count). The molecule has 0 saturated heterocycles. The van der Waals surface area contributed by atoms with Crippen LogP contribution in [0, 0.1) is 0 Å². The number of nitrogens with one attached hydrogen (secondary N) is 2. The smallest absolute Gasteiger partial charge is 0.420 e. The summed E-state index contributed by atoms with van der Waals surface area (Å²) in [5.74, 6) is -0.0476. The summed E-state index contributed by atoms with van der Waals surface area (Å²) in [6.45, 7) is 0. The molecule has 0 atom stereocenters. The number of anilines is 2. The third kappa shape index (κ3) is 5.19. The quantitative estimate of drug-likeness (QED) is 0.518. The summed E-state index contributed by atoms with van der Waals surface area (Å²) in [7, 11) is 1.15. The first kappa shape index (κ1) is 20.5. The Hall–Kier alpha value is -3.21. The van der Waals surface area contributed by atoms with Crippen LogP contribution in [0.1, 0.15) is 21.5 Å². The zero-order valence-corrected chi connectivity index (χ0v) is 15.9. The molecule has 0 spiro atoms. The zero-order valence-electron chi connectivity index (χ0n) is 15.1. The molecule has 29 heavy (non-hydrogen) atoms. The molecule has 7 nitrogen and oxygen atoms in total. The van der Waals surface area contributed by atoms with Crippen LogP contribution in [0.5, 0.6) is 5.75 Å². The fraction of sp³-hybridized carbons (Fsp3) is 0.167. The van der Waals surface area contributed by atoms with E-state index < -0.39 is 17.6 Å². The highest BCUT2D eigenvalue weighted by Gasteiger charge is 2.34. The number of carbonyl (C=O) groups excluding carboxylic acids is 1. The maximum atomic E-state index is 13.1. The van der Waals surface area contributed by atoms with Crippen LogP contribution in [-0.2, 0) is 11.9 Å². The van der Waals surface area contributed by atoms with E-state index in [0.717, 1.165) is 24.8 Å². The lowest BCUT2D eigenvalue weighted by Crippen LogP contribution is -2.14. The summed E-state index contributed by atoms with van der Waals surface area (Å²) in [5.41, 5.74) is 5.74. The van der Waals surface area contributed by atoms with Crippen molar-refractivity contribution in [1.29, 1.82) is 0 Å². The van der Waals surface area contributed by atoms with Gasteiger partial charge in [-0.2, -0.15) is 18.2 Å². The van der Waals surface area contributed by atoms with Crippen molar-refractivity contribution < 1.29 is 22.7 Å². The van der Waals surface area contributed by atoms with E-state index in [2.05, 4.69) is 20.5 Å². The lowest BCUT2D eigenvalue weighted by atomic mass is 10.1. The van der Waals surface area contributed by atoms with E-state index in [4.69, 9.17) is 10.5 Å². The Bertz CT molecular complexity index is 1010. The molecule has 3 aromatic rings. The second-order valence-electron chi connectivity index (χ2n) is 5.86. The number of amides is 1. The van der Waals surface area contributed by atoms with Gasteiger partial charge in [-0.25, -0.2) is 5.10 Å². The summed E-state index contributed by atoms with van der Waals surface area (Å²) >= 11 is 1.37. The molecule has 0 unspecified atom stereocenters. The third-order valence-electron chi connectivity index (χ3n) is 3.83. The van der Waals surface area contributed by atoms with Gasteiger partial charge in [-0.1, -0.05) is 23.9 Å². The zero-order chi connectivity index (χ0) is 21.0. The van der Waals surface area contributed by atoms with E-state index in [1.54, 1.807) is 24.3 Å². The van der Waals surface area contributed by atoms with Crippen molar-refractivity contribution in [3.63, 3.8) is 0 Å². The number of halogens is 3. The highest BCUT2D eigenvalue weighted by Crippen LogP contribution is 2.37. The van der Waals surface area contributed by atoms with Crippen molar-refractivity contribution in [2.75, 3.05) is 18.2 Å². The average molecular weight is 423 g/mol. The van der Waals surface area contributed by atoms with Crippen LogP contribution >= 0.6 is 11.8 Å². The Labute approximate surface area is 167 Å². The summed E-state index contributed by atoms with van der Waals surface area (Å²) in [6, 6.07) is 10.0. The predicted molar refractivity (Wildman–Crippen MR) is 103 cm³/mol. The van der Waals surface area contributed by atoms with Crippen molar-refractivity contribution in [3.8, 4) is 5.75 Å². The number of hydrogen-bond acceptors (Lipinski definition) is 6. The van der Waals surface area contributed by atoms with E-state index in [-0.39, 0.29) is 17.4 Å². The van der Waals surface area contributed by atoms with Crippen LogP contribution in [0.3, 0.4) is 0 Å². The Kier molecular flexibility index (Phi) is 5.97. The van der Waals surface area contributed by atoms with Crippen LogP contribution in [0.15, 0.2) is 47.6 Å². The number of rotatable bonds is 6. The first-order valence-corrected chi connectivity index (χ1v) is 9.21. The first-order chi connectivity index (χ1) is 13.8. The van der Waals surface area contributed by atoms with E-state index in [9.17, 15) is 18.0 Å². The maximum Gasteiger partial charge on any atom is 0.420 e. The van der Waals surface area contributed by atoms with Crippen molar-refractivity contribution >= 4 is 29.3 Å². The Morgan fingerprint density at radius 2 is 1.97 bits per heavy atom. The molecule has 0 radical (unpaired) electrons. The van der Waals surface area contributed by atoms with Crippen LogP contribution in [0.25, 0.3) is 0 Å². The number of carbonyl (C=O) groups is 1. The van der Waals surface area contributed by atoms with E-state index in [1.165, 1.54) is 17.8 Å². The fourth-order valence-corrected chi connectivity index (χ4v) is 3.19. The standard InChI is InChI=1S/C18H16F3N5O2S/c1-28-14-7-6-12(8-13(14)18(19,20)21)23-15(27)11-4-2-10(3-5-11)9-29-17-24-16(22)25-26-17/h2-8H,9H2,1H3,(H,23,27)(H3,22,24,25,26). The van der Waals surface area contributed by atoms with E-state index in [1.807, 2.05) is 0 Å². The van der Waals surface area contributed by atoms with Crippen LogP contribution < -0.4 is 15.8 Å². The van der Waals surface area contributed by atoms with Gasteiger partial charge in [0.05, 0.1) is 12.7 Å². The van der Waals surface area contributed by atoms with Crippen LogP contribution in [0.2, 0.25) is 0 Å². The molecule has 1 aromatic heterocycles. The molecule has 0 aliphatic rings. The van der Waals surface area contributed by atoms with Gasteiger partial charge in [-0.15, -0.1) is 5.10 Å². The molecular weight excluding hydrogens is 407 g/mol. The van der Waals surface area contributed by atoms with Crippen molar-refractivity contribution in [3.05, 3.63) is 59.2 Å². The Balaban J connectivity index is 1.66. The minimum Gasteiger partial charge on any atom is -0.496 e. The fourth-order valence-electron chi connectivity index (χ4n) is 2.43. The number of hydrogen-bond donors (Lipinski definition) is 3. The van der Waals surface area contributed by atoms with E-state index in [0.29, 0.717) is 16.5 Å². The number of ether oxygens (including phenoxy) is 1. The topological polar surface area (TPSA) is 106 Å². The molecule has 0 aliphatic carbocycles. The number of benzene rings is 2. The minimum atomic E-state index is -4.60. The highest BCUT2D eigenvalue weighted by molar-refractivity contribution is 7.98. The van der Waals surface area contributed by atoms with Gasteiger partial charge < -0.3 is 15.8 Å². The molecule has 4 N–H and O–H groups in total. The van der Waals surface area contributed by atoms with Crippen LogP contribution in [0.4, 0.5) is 24.8 Å². The average Bonchev–Trinajstić information content (AvgIpc) is 3.11. The van der Waals surface area contributed by atoms with Crippen molar-refractivity contribution in [2.24, 2.45) is 0 Å². The number of alkyl halides is 3. The van der Waals surface area contributed by atoms with Gasteiger partial charge in [0.25, 0.3) is 5.91 Å². The van der Waals surface area contributed by atoms with Gasteiger partial charge in [0.1, 0.15) is 5.75 Å². The number of methoxy groups -OCH3 is 1. The van der Waals surface area contributed by atoms with Gasteiger partial charge in [0, 0.05) is 17.0 Å². The van der Waals surface area contributed by atoms with Gasteiger partial charge in [-0.3, -0.25) is 4.79 Å². The van der Waals surface area contributed by atoms with Crippen molar-refractivity contribution in [1.82, 2.24) is 15.2 Å². The van der Waals surface area contributed by atoms with Crippen LogP contribution in [-0.4, -0.2) is 28.2 Å². The molecule has 1 amide bonds. The summed E-state index contributed by atoms with van der Waals surface area (Å²) in [6.07, 6.45) is -4.60. The molecule has 152 valence electrons. The molecular formula is C18H16F3N5O2S. The van der Waals surface area contributed by atoms with Crippen molar-refractivity contribution in [2.45, 2.75) is 17.1 Å². The predicted octanol–water partition coefficient (Wildman–Crippen LogP) is 3.96. The molecule has 1 heterocycles. The third-order valence-corrected chi connectivity index (χ3v) is 4.75. The monoisotopic (exact) mass is 423 g/mol. The van der Waals surface area contributed by atoms with E-state index >= 15 is 0 Å². The number of nitrogens with zero attached hydrogens (tertiary/aromatic N) is 2. The number of aromatic amines is 1. The summed E-state index contributed by atoms with van der Waals surface area (Å²) in [5, 5.41) is 9.41. The molecule has 0 bridgehead atoms. The number of nitrogens with two attached hydrogens (primary N) is 1. The summed E-state index contributed by atoms with van der Waals surface area (Å²) < 4.78 is 44.0. The number of thioether (sulfide) groups is 1. The maximum absolute atomic E-state index is 13.1. The van der Waals surface area contributed by atoms with Gasteiger partial charge in [-0.05, 0) is 35.9 Å². The highest BCUT2D eigenvalue weighted by atomic mass is 32.2. The number of H-pyrrole nitrogens is 1. The van der Waals surface area contributed by atoms with Gasteiger partial charge >= 0.3 is 6.18 Å². The number of aromatic nitrogens is 3. The normalized spacial score (nSPS) is 11.3. The lowest BCUT2D eigenvalue weighted by molar-refractivity contribution is -0.138. The molecule has 0 aliphatic heterocycles. The lowest BCUT2D eigenvalue weighted by Gasteiger charge is -2.14. The second kappa shape index (κ2) is 8.43. The molecule has 2 aromatic carbocycles. The number of nitrogen functional groups attached to an aromatic ring is 1. The molecule has 11 heteroatoms. The van der Waals surface area contributed by atoms with Gasteiger partial charge in [0.15, 0.2) is 0 Å². The minimum absolute atomic E-state index is 0.0185. The second-order valence-corrected chi connectivity index (χ2v) is 6.80. The molecule has 0 fully saturated rings.